The van der Waals surface area contributed by atoms with Crippen LogP contribution in [-0.2, 0) is 28.6 Å². The van der Waals surface area contributed by atoms with Crippen molar-refractivity contribution in [3.8, 4) is 0 Å². The van der Waals surface area contributed by atoms with E-state index >= 15 is 0 Å². The molecule has 1 atom stereocenters. The van der Waals surface area contributed by atoms with Crippen molar-refractivity contribution in [2.75, 3.05) is 13.2 Å². The van der Waals surface area contributed by atoms with E-state index in [1.807, 2.05) is 0 Å². The monoisotopic (exact) mass is 1140 g/mol. The molecule has 6 nitrogen and oxygen atoms in total. The zero-order valence-corrected chi connectivity index (χ0v) is 55.6. The number of rotatable bonds is 71. The Kier molecular flexibility index (Phi) is 69.5. The van der Waals surface area contributed by atoms with Gasteiger partial charge in [-0.1, -0.05) is 406 Å². The highest BCUT2D eigenvalue weighted by atomic mass is 16.6. The summed E-state index contributed by atoms with van der Waals surface area (Å²) in [6.07, 6.45) is 84.8. The van der Waals surface area contributed by atoms with Gasteiger partial charge in [-0.3, -0.25) is 14.4 Å². The Morgan fingerprint density at radius 3 is 0.494 bits per heavy atom. The predicted octanol–water partition coefficient (Wildman–Crippen LogP) is 25.8. The number of carbonyl (C=O) groups excluding carboxylic acids is 3. The Labute approximate surface area is 508 Å². The smallest absolute Gasteiger partial charge is 0.306 e. The summed E-state index contributed by atoms with van der Waals surface area (Å²) in [5.74, 6) is -0.828. The van der Waals surface area contributed by atoms with Crippen molar-refractivity contribution in [3.63, 3.8) is 0 Å². The lowest BCUT2D eigenvalue weighted by atomic mass is 10.0. The molecule has 0 bridgehead atoms. The predicted molar refractivity (Wildman–Crippen MR) is 354 cm³/mol. The average Bonchev–Trinajstić information content (AvgIpc) is 3.47. The number of unbranched alkanes of at least 4 members (excludes halogenated alkanes) is 60. The Hall–Kier alpha value is -1.59. The lowest BCUT2D eigenvalue weighted by molar-refractivity contribution is -0.167. The first kappa shape index (κ1) is 79.4. The Bertz CT molecular complexity index is 1220. The van der Waals surface area contributed by atoms with Gasteiger partial charge in [0.05, 0.1) is 0 Å². The molecule has 0 saturated heterocycles. The van der Waals surface area contributed by atoms with Crippen LogP contribution < -0.4 is 0 Å². The summed E-state index contributed by atoms with van der Waals surface area (Å²) in [6, 6.07) is 0. The minimum atomic E-state index is -0.762. The third-order valence-electron chi connectivity index (χ3n) is 17.6. The molecule has 0 aromatic heterocycles. The van der Waals surface area contributed by atoms with E-state index in [2.05, 4.69) is 20.8 Å². The standard InChI is InChI=1S/C75H146O6/c1-4-7-10-13-16-19-21-23-25-27-29-31-32-33-34-35-36-37-38-39-40-41-42-43-45-46-48-50-52-54-56-59-62-65-68-74(77)80-71-72(70-79-73(76)67-64-61-58-18-15-12-9-6-3)81-75(78)69-66-63-60-57-55-53-51-49-47-44-30-28-26-24-22-20-17-14-11-8-5-2/h72H,4-71H2,1-3H3. The van der Waals surface area contributed by atoms with Crippen LogP contribution in [-0.4, -0.2) is 37.2 Å². The van der Waals surface area contributed by atoms with Gasteiger partial charge >= 0.3 is 17.9 Å². The molecule has 0 aromatic rings. The van der Waals surface area contributed by atoms with E-state index < -0.39 is 6.10 Å². The molecular formula is C75H146O6. The van der Waals surface area contributed by atoms with Crippen molar-refractivity contribution in [2.45, 2.75) is 451 Å². The maximum atomic E-state index is 12.9. The highest BCUT2D eigenvalue weighted by molar-refractivity contribution is 5.71. The quantitative estimate of drug-likeness (QED) is 0.0343. The number of carbonyl (C=O) groups is 3. The molecule has 0 N–H and O–H groups in total. The third-order valence-corrected chi connectivity index (χ3v) is 17.6. The van der Waals surface area contributed by atoms with Crippen molar-refractivity contribution in [3.05, 3.63) is 0 Å². The second-order valence-corrected chi connectivity index (χ2v) is 25.9. The van der Waals surface area contributed by atoms with E-state index in [1.165, 1.54) is 347 Å². The average molecular weight is 1140 g/mol. The normalized spacial score (nSPS) is 11.9. The first-order valence-corrected chi connectivity index (χ1v) is 37.5. The summed E-state index contributed by atoms with van der Waals surface area (Å²) < 4.78 is 16.9. The van der Waals surface area contributed by atoms with Gasteiger partial charge < -0.3 is 14.2 Å². The van der Waals surface area contributed by atoms with Crippen molar-refractivity contribution in [2.24, 2.45) is 0 Å². The maximum Gasteiger partial charge on any atom is 0.306 e. The number of ether oxygens (including phenoxy) is 3. The van der Waals surface area contributed by atoms with Gasteiger partial charge in [0.2, 0.25) is 0 Å². The zero-order chi connectivity index (χ0) is 58.5. The van der Waals surface area contributed by atoms with E-state index in [9.17, 15) is 14.4 Å². The fourth-order valence-corrected chi connectivity index (χ4v) is 12.0. The molecule has 0 spiro atoms. The van der Waals surface area contributed by atoms with Gasteiger partial charge in [0.25, 0.3) is 0 Å². The van der Waals surface area contributed by atoms with Gasteiger partial charge in [-0.05, 0) is 19.3 Å². The summed E-state index contributed by atoms with van der Waals surface area (Å²) in [6.45, 7) is 6.71. The van der Waals surface area contributed by atoms with E-state index in [-0.39, 0.29) is 31.1 Å². The highest BCUT2D eigenvalue weighted by Crippen LogP contribution is 2.20. The minimum Gasteiger partial charge on any atom is -0.462 e. The number of hydrogen-bond acceptors (Lipinski definition) is 6. The summed E-state index contributed by atoms with van der Waals surface area (Å²) in [4.78, 5) is 38.2. The van der Waals surface area contributed by atoms with E-state index in [0.717, 1.165) is 57.8 Å². The second kappa shape index (κ2) is 70.9. The van der Waals surface area contributed by atoms with Crippen molar-refractivity contribution in [1.29, 1.82) is 0 Å². The van der Waals surface area contributed by atoms with E-state index in [4.69, 9.17) is 14.2 Å². The van der Waals surface area contributed by atoms with Crippen LogP contribution in [0.2, 0.25) is 0 Å². The van der Waals surface area contributed by atoms with Crippen molar-refractivity contribution >= 4 is 17.9 Å². The minimum absolute atomic E-state index is 0.0609. The van der Waals surface area contributed by atoms with Crippen molar-refractivity contribution in [1.82, 2.24) is 0 Å². The van der Waals surface area contributed by atoms with Gasteiger partial charge in [0.15, 0.2) is 6.10 Å². The molecule has 0 aliphatic heterocycles. The number of hydrogen-bond donors (Lipinski definition) is 0. The lowest BCUT2D eigenvalue weighted by Crippen LogP contribution is -2.30. The lowest BCUT2D eigenvalue weighted by Gasteiger charge is -2.18. The molecule has 0 heterocycles. The molecule has 0 radical (unpaired) electrons. The Balaban J connectivity index is 3.94. The van der Waals surface area contributed by atoms with Gasteiger partial charge in [0.1, 0.15) is 13.2 Å². The topological polar surface area (TPSA) is 78.9 Å². The molecule has 482 valence electrons. The van der Waals surface area contributed by atoms with Gasteiger partial charge in [-0.25, -0.2) is 0 Å². The molecule has 0 aromatic carbocycles. The number of esters is 3. The summed E-state index contributed by atoms with van der Waals surface area (Å²) in [5.41, 5.74) is 0. The van der Waals surface area contributed by atoms with Crippen LogP contribution in [0.5, 0.6) is 0 Å². The molecule has 0 aliphatic carbocycles. The second-order valence-electron chi connectivity index (χ2n) is 25.9. The molecule has 0 saturated carbocycles. The first-order valence-electron chi connectivity index (χ1n) is 37.5. The van der Waals surface area contributed by atoms with E-state index in [0.29, 0.717) is 19.3 Å². The van der Waals surface area contributed by atoms with Crippen LogP contribution in [0, 0.1) is 0 Å². The third kappa shape index (κ3) is 69.1. The van der Waals surface area contributed by atoms with Crippen LogP contribution in [0.1, 0.15) is 445 Å². The Morgan fingerprint density at radius 1 is 0.198 bits per heavy atom. The van der Waals surface area contributed by atoms with Crippen LogP contribution in [0.15, 0.2) is 0 Å². The molecular weight excluding hydrogens is 997 g/mol. The van der Waals surface area contributed by atoms with E-state index in [1.54, 1.807) is 0 Å². The van der Waals surface area contributed by atoms with Crippen LogP contribution in [0.4, 0.5) is 0 Å². The van der Waals surface area contributed by atoms with Crippen LogP contribution in [0.25, 0.3) is 0 Å². The van der Waals surface area contributed by atoms with Gasteiger partial charge in [0, 0.05) is 19.3 Å². The Morgan fingerprint density at radius 2 is 0.333 bits per heavy atom. The summed E-state index contributed by atoms with van der Waals surface area (Å²) in [5, 5.41) is 0. The summed E-state index contributed by atoms with van der Waals surface area (Å²) in [7, 11) is 0. The molecule has 0 aliphatic rings. The fraction of sp³-hybridized carbons (Fsp3) is 0.960. The molecule has 6 heteroatoms. The van der Waals surface area contributed by atoms with Crippen LogP contribution in [0.3, 0.4) is 0 Å². The molecule has 0 amide bonds. The summed E-state index contributed by atoms with van der Waals surface area (Å²) >= 11 is 0. The fourth-order valence-electron chi connectivity index (χ4n) is 12.0. The van der Waals surface area contributed by atoms with Gasteiger partial charge in [-0.15, -0.1) is 0 Å². The van der Waals surface area contributed by atoms with Gasteiger partial charge in [-0.2, -0.15) is 0 Å². The SMILES string of the molecule is CCCCCCCCCCCCCCCCCCCCCCCCCCCCCCCCCCCCC(=O)OCC(COC(=O)CCCCCCCCCC)OC(=O)CCCCCCCCCCCCCCCCCCCCCCC. The largest absolute Gasteiger partial charge is 0.462 e. The van der Waals surface area contributed by atoms with Crippen molar-refractivity contribution < 1.29 is 28.6 Å². The maximum absolute atomic E-state index is 12.9. The first-order chi connectivity index (χ1) is 40.0. The molecule has 0 rings (SSSR count). The molecule has 0 fully saturated rings. The molecule has 81 heavy (non-hydrogen) atoms. The molecule has 1 unspecified atom stereocenters. The van der Waals surface area contributed by atoms with Crippen LogP contribution >= 0.6 is 0 Å². The zero-order valence-electron chi connectivity index (χ0n) is 55.6. The highest BCUT2D eigenvalue weighted by Gasteiger charge is 2.20.